The van der Waals surface area contributed by atoms with Gasteiger partial charge in [-0.1, -0.05) is 24.3 Å². The van der Waals surface area contributed by atoms with Crippen LogP contribution >= 0.6 is 11.3 Å². The van der Waals surface area contributed by atoms with E-state index >= 15 is 0 Å². The highest BCUT2D eigenvalue weighted by molar-refractivity contribution is 7.09. The first-order valence-corrected chi connectivity index (χ1v) is 6.89. The lowest BCUT2D eigenvalue weighted by Crippen LogP contribution is -2.18. The van der Waals surface area contributed by atoms with Gasteiger partial charge in [0, 0.05) is 10.4 Å². The highest BCUT2D eigenvalue weighted by atomic mass is 32.1. The van der Waals surface area contributed by atoms with Crippen LogP contribution in [0, 0.1) is 0 Å². The van der Waals surface area contributed by atoms with Gasteiger partial charge in [0.25, 0.3) is 0 Å². The van der Waals surface area contributed by atoms with Crippen molar-refractivity contribution in [2.75, 3.05) is 0 Å². The van der Waals surface area contributed by atoms with Gasteiger partial charge < -0.3 is 9.84 Å². The van der Waals surface area contributed by atoms with Crippen LogP contribution in [-0.4, -0.2) is 11.5 Å². The Hall–Kier alpha value is -1.53. The zero-order chi connectivity index (χ0) is 14.6. The van der Waals surface area contributed by atoms with E-state index in [1.807, 2.05) is 17.5 Å². The van der Waals surface area contributed by atoms with Crippen LogP contribution in [0.25, 0.3) is 0 Å². The van der Waals surface area contributed by atoms with Crippen molar-refractivity contribution >= 4 is 11.3 Å². The normalized spacial score (nSPS) is 13.2. The smallest absolute Gasteiger partial charge is 0.405 e. The number of thiophene rings is 1. The SMILES string of the molecule is OC(CCc1cccs1)c1ccccc1OC(F)(F)F. The molecule has 6 heteroatoms. The van der Waals surface area contributed by atoms with E-state index in [1.165, 1.54) is 18.2 Å². The van der Waals surface area contributed by atoms with E-state index < -0.39 is 12.5 Å². The number of benzene rings is 1. The summed E-state index contributed by atoms with van der Waals surface area (Å²) in [5.41, 5.74) is 0.154. The number of aliphatic hydroxyl groups is 1. The monoisotopic (exact) mass is 302 g/mol. The minimum atomic E-state index is -4.76. The predicted molar refractivity (Wildman–Crippen MR) is 70.7 cm³/mol. The Morgan fingerprint density at radius 1 is 1.15 bits per heavy atom. The first-order valence-electron chi connectivity index (χ1n) is 6.01. The molecule has 1 aromatic carbocycles. The first kappa shape index (κ1) is 14.9. The number of aryl methyl sites for hydroxylation is 1. The van der Waals surface area contributed by atoms with Gasteiger partial charge >= 0.3 is 6.36 Å². The number of rotatable bonds is 5. The molecule has 2 nitrogen and oxygen atoms in total. The van der Waals surface area contributed by atoms with Crippen LogP contribution in [0.1, 0.15) is 23.0 Å². The number of para-hydroxylation sites is 1. The molecule has 0 aliphatic carbocycles. The zero-order valence-electron chi connectivity index (χ0n) is 10.4. The van der Waals surface area contributed by atoms with Gasteiger partial charge in [-0.3, -0.25) is 0 Å². The van der Waals surface area contributed by atoms with Crippen molar-refractivity contribution in [3.63, 3.8) is 0 Å². The summed E-state index contributed by atoms with van der Waals surface area (Å²) < 4.78 is 40.8. The molecule has 0 saturated carbocycles. The molecule has 0 fully saturated rings. The number of hydrogen-bond donors (Lipinski definition) is 1. The minimum Gasteiger partial charge on any atom is -0.405 e. The fourth-order valence-corrected chi connectivity index (χ4v) is 2.59. The van der Waals surface area contributed by atoms with Crippen LogP contribution in [0.3, 0.4) is 0 Å². The molecule has 0 aliphatic rings. The lowest BCUT2D eigenvalue weighted by Gasteiger charge is -2.16. The maximum absolute atomic E-state index is 12.3. The predicted octanol–water partition coefficient (Wildman–Crippen LogP) is 4.31. The fourth-order valence-electron chi connectivity index (χ4n) is 1.86. The lowest BCUT2D eigenvalue weighted by atomic mass is 10.0. The third-order valence-electron chi connectivity index (χ3n) is 2.75. The number of alkyl halides is 3. The second-order valence-electron chi connectivity index (χ2n) is 4.22. The molecule has 1 unspecified atom stereocenters. The summed E-state index contributed by atoms with van der Waals surface area (Å²) in [4.78, 5) is 1.08. The summed E-state index contributed by atoms with van der Waals surface area (Å²) in [6.07, 6.45) is -4.79. The van der Waals surface area contributed by atoms with E-state index in [4.69, 9.17) is 0 Å². The minimum absolute atomic E-state index is 0.154. The van der Waals surface area contributed by atoms with Crippen LogP contribution < -0.4 is 4.74 Å². The van der Waals surface area contributed by atoms with Crippen LogP contribution in [0.4, 0.5) is 13.2 Å². The molecule has 2 aromatic rings. The molecule has 1 aromatic heterocycles. The molecule has 0 radical (unpaired) electrons. The Labute approximate surface area is 118 Å². The molecule has 108 valence electrons. The summed E-state index contributed by atoms with van der Waals surface area (Å²) in [5.74, 6) is -0.348. The summed E-state index contributed by atoms with van der Waals surface area (Å²) >= 11 is 1.55. The van der Waals surface area contributed by atoms with Gasteiger partial charge in [0.15, 0.2) is 0 Å². The topological polar surface area (TPSA) is 29.5 Å². The molecular formula is C14H13F3O2S. The van der Waals surface area contributed by atoms with Gasteiger partial charge in [-0.05, 0) is 30.4 Å². The van der Waals surface area contributed by atoms with E-state index in [1.54, 1.807) is 17.4 Å². The molecule has 20 heavy (non-hydrogen) atoms. The molecule has 0 aliphatic heterocycles. The molecule has 0 saturated heterocycles. The molecule has 1 atom stereocenters. The van der Waals surface area contributed by atoms with Gasteiger partial charge in [-0.2, -0.15) is 0 Å². The van der Waals surface area contributed by atoms with E-state index in [2.05, 4.69) is 4.74 Å². The first-order chi connectivity index (χ1) is 9.46. The Balaban J connectivity index is 2.07. The van der Waals surface area contributed by atoms with Gasteiger partial charge in [-0.25, -0.2) is 0 Å². The van der Waals surface area contributed by atoms with Crippen molar-refractivity contribution in [3.05, 3.63) is 52.2 Å². The van der Waals surface area contributed by atoms with E-state index in [-0.39, 0.29) is 11.3 Å². The van der Waals surface area contributed by atoms with Gasteiger partial charge in [0.1, 0.15) is 5.75 Å². The third kappa shape index (κ3) is 4.25. The summed E-state index contributed by atoms with van der Waals surface area (Å²) in [7, 11) is 0. The quantitative estimate of drug-likeness (QED) is 0.891. The Kier molecular flexibility index (Phi) is 4.67. The largest absolute Gasteiger partial charge is 0.573 e. The van der Waals surface area contributed by atoms with Crippen LogP contribution in [0.5, 0.6) is 5.75 Å². The summed E-state index contributed by atoms with van der Waals surface area (Å²) in [6, 6.07) is 9.49. The van der Waals surface area contributed by atoms with Crippen molar-refractivity contribution in [1.82, 2.24) is 0 Å². The zero-order valence-corrected chi connectivity index (χ0v) is 11.2. The van der Waals surface area contributed by atoms with Crippen LogP contribution in [-0.2, 0) is 6.42 Å². The van der Waals surface area contributed by atoms with Crippen molar-refractivity contribution in [2.24, 2.45) is 0 Å². The maximum atomic E-state index is 12.3. The van der Waals surface area contributed by atoms with Gasteiger partial charge in [0.2, 0.25) is 0 Å². The average molecular weight is 302 g/mol. The number of aliphatic hydroxyl groups excluding tert-OH is 1. The van der Waals surface area contributed by atoms with E-state index in [9.17, 15) is 18.3 Å². The highest BCUT2D eigenvalue weighted by Gasteiger charge is 2.32. The Bertz CT molecular complexity index is 538. The lowest BCUT2D eigenvalue weighted by molar-refractivity contribution is -0.275. The maximum Gasteiger partial charge on any atom is 0.573 e. The third-order valence-corrected chi connectivity index (χ3v) is 3.68. The average Bonchev–Trinajstić information content (AvgIpc) is 2.88. The summed E-state index contributed by atoms with van der Waals surface area (Å²) in [6.45, 7) is 0. The van der Waals surface area contributed by atoms with Gasteiger partial charge in [-0.15, -0.1) is 24.5 Å². The van der Waals surface area contributed by atoms with Crippen molar-refractivity contribution in [1.29, 1.82) is 0 Å². The van der Waals surface area contributed by atoms with Crippen molar-refractivity contribution in [2.45, 2.75) is 25.3 Å². The summed E-state index contributed by atoms with van der Waals surface area (Å²) in [5, 5.41) is 12.0. The van der Waals surface area contributed by atoms with E-state index in [0.717, 1.165) is 4.88 Å². The van der Waals surface area contributed by atoms with Crippen LogP contribution in [0.15, 0.2) is 41.8 Å². The molecule has 0 spiro atoms. The number of hydrogen-bond acceptors (Lipinski definition) is 3. The Morgan fingerprint density at radius 2 is 1.90 bits per heavy atom. The fraction of sp³-hybridized carbons (Fsp3) is 0.286. The second-order valence-corrected chi connectivity index (χ2v) is 5.25. The molecule has 0 bridgehead atoms. The highest BCUT2D eigenvalue weighted by Crippen LogP contribution is 2.32. The molecule has 0 amide bonds. The van der Waals surface area contributed by atoms with Crippen molar-refractivity contribution < 1.29 is 23.0 Å². The van der Waals surface area contributed by atoms with Gasteiger partial charge in [0.05, 0.1) is 6.10 Å². The number of halogens is 3. The molecule has 1 N–H and O–H groups in total. The van der Waals surface area contributed by atoms with E-state index in [0.29, 0.717) is 12.8 Å². The second kappa shape index (κ2) is 6.28. The van der Waals surface area contributed by atoms with Crippen LogP contribution in [0.2, 0.25) is 0 Å². The standard InChI is InChI=1S/C14H13F3O2S/c15-14(16,17)19-13-6-2-1-5-11(13)12(18)8-7-10-4-3-9-20-10/h1-6,9,12,18H,7-8H2. The van der Waals surface area contributed by atoms with Crippen molar-refractivity contribution in [3.8, 4) is 5.75 Å². The molecule has 2 rings (SSSR count). The number of ether oxygens (including phenoxy) is 1. The molecule has 1 heterocycles. The molecular weight excluding hydrogens is 289 g/mol. The Morgan fingerprint density at radius 3 is 2.55 bits per heavy atom.